The smallest absolute Gasteiger partial charge is 0.0886 e. The molecule has 2 fully saturated rings. The van der Waals surface area contributed by atoms with Gasteiger partial charge in [-0.15, -0.1) is 0 Å². The molecular weight excluding hydrogens is 258 g/mol. The van der Waals surface area contributed by atoms with E-state index in [0.717, 1.165) is 18.3 Å². The minimum atomic E-state index is 0.254. The first-order chi connectivity index (χ1) is 9.95. The van der Waals surface area contributed by atoms with Gasteiger partial charge in [-0.25, -0.2) is 0 Å². The van der Waals surface area contributed by atoms with Gasteiger partial charge in [0.2, 0.25) is 0 Å². The lowest BCUT2D eigenvalue weighted by Crippen LogP contribution is -2.54. The fraction of sp³-hybridized carbons (Fsp3) is 0.789. The van der Waals surface area contributed by atoms with Crippen LogP contribution >= 0.6 is 0 Å². The standard InChI is InChI=1S/C19H29NO/c1-18-9-7-13(21)11-12(18)3-4-14-15-5-6-17(20)19(15,2)10-8-16(14)18/h5-6,11-12,14-17,21H,3-4,7-10,20H2,1-2H3/t12?,14-,15-,16+,17?,18-,19-/m0/s1. The van der Waals surface area contributed by atoms with Gasteiger partial charge in [0.1, 0.15) is 0 Å². The van der Waals surface area contributed by atoms with E-state index in [2.05, 4.69) is 32.1 Å². The summed E-state index contributed by atoms with van der Waals surface area (Å²) in [4.78, 5) is 0. The molecule has 2 unspecified atom stereocenters. The topological polar surface area (TPSA) is 46.2 Å². The van der Waals surface area contributed by atoms with E-state index in [4.69, 9.17) is 5.73 Å². The number of hydrogen-bond acceptors (Lipinski definition) is 2. The van der Waals surface area contributed by atoms with Gasteiger partial charge >= 0.3 is 0 Å². The van der Waals surface area contributed by atoms with Gasteiger partial charge in [-0.3, -0.25) is 0 Å². The third-order valence-electron chi connectivity index (χ3n) is 7.84. The second-order valence-electron chi connectivity index (χ2n) is 8.60. The molecule has 0 bridgehead atoms. The zero-order valence-corrected chi connectivity index (χ0v) is 13.4. The van der Waals surface area contributed by atoms with E-state index in [1.807, 2.05) is 0 Å². The van der Waals surface area contributed by atoms with E-state index in [0.29, 0.717) is 28.4 Å². The van der Waals surface area contributed by atoms with Gasteiger partial charge in [-0.1, -0.05) is 26.0 Å². The maximum Gasteiger partial charge on any atom is 0.0886 e. The molecule has 3 N–H and O–H groups in total. The van der Waals surface area contributed by atoms with Crippen molar-refractivity contribution in [2.24, 2.45) is 40.2 Å². The van der Waals surface area contributed by atoms with Gasteiger partial charge in [0.05, 0.1) is 5.76 Å². The van der Waals surface area contributed by atoms with Crippen molar-refractivity contribution in [1.82, 2.24) is 0 Å². The van der Waals surface area contributed by atoms with Gasteiger partial charge in [0, 0.05) is 12.5 Å². The van der Waals surface area contributed by atoms with Crippen molar-refractivity contribution in [2.45, 2.75) is 58.4 Å². The second kappa shape index (κ2) is 4.38. The van der Waals surface area contributed by atoms with E-state index < -0.39 is 0 Å². The van der Waals surface area contributed by atoms with Crippen molar-refractivity contribution < 1.29 is 5.11 Å². The molecule has 0 aromatic rings. The Morgan fingerprint density at radius 1 is 1.10 bits per heavy atom. The quantitative estimate of drug-likeness (QED) is 0.656. The van der Waals surface area contributed by atoms with Crippen LogP contribution in [0.1, 0.15) is 52.4 Å². The Balaban J connectivity index is 1.67. The van der Waals surface area contributed by atoms with Gasteiger partial charge in [-0.05, 0) is 72.7 Å². The third kappa shape index (κ3) is 1.75. The number of nitrogens with two attached hydrogens (primary N) is 1. The lowest BCUT2D eigenvalue weighted by Gasteiger charge is -2.59. The minimum Gasteiger partial charge on any atom is -0.513 e. The predicted molar refractivity (Wildman–Crippen MR) is 85.7 cm³/mol. The molecule has 0 aromatic carbocycles. The van der Waals surface area contributed by atoms with Crippen LogP contribution in [-0.4, -0.2) is 11.1 Å². The van der Waals surface area contributed by atoms with E-state index in [1.54, 1.807) is 0 Å². The predicted octanol–water partition coefficient (Wildman–Crippen LogP) is 4.18. The summed E-state index contributed by atoms with van der Waals surface area (Å²) in [7, 11) is 0. The van der Waals surface area contributed by atoms with Crippen molar-refractivity contribution in [3.05, 3.63) is 24.0 Å². The summed E-state index contributed by atoms with van der Waals surface area (Å²) < 4.78 is 0. The molecule has 21 heavy (non-hydrogen) atoms. The van der Waals surface area contributed by atoms with Gasteiger partial charge < -0.3 is 10.8 Å². The highest BCUT2D eigenvalue weighted by atomic mass is 16.3. The second-order valence-corrected chi connectivity index (χ2v) is 8.60. The molecule has 0 heterocycles. The highest BCUT2D eigenvalue weighted by Crippen LogP contribution is 2.64. The molecule has 7 atom stereocenters. The van der Waals surface area contributed by atoms with Crippen molar-refractivity contribution in [2.75, 3.05) is 0 Å². The summed E-state index contributed by atoms with van der Waals surface area (Å²) in [5, 5.41) is 9.92. The Bertz CT molecular complexity index is 510. The van der Waals surface area contributed by atoms with Crippen LogP contribution in [0.3, 0.4) is 0 Å². The van der Waals surface area contributed by atoms with Crippen LogP contribution in [0.25, 0.3) is 0 Å². The van der Waals surface area contributed by atoms with E-state index in [1.165, 1.54) is 32.1 Å². The molecule has 4 rings (SSSR count). The van der Waals surface area contributed by atoms with Crippen molar-refractivity contribution in [3.8, 4) is 0 Å². The van der Waals surface area contributed by atoms with E-state index in [-0.39, 0.29) is 6.04 Å². The summed E-state index contributed by atoms with van der Waals surface area (Å²) >= 11 is 0. The molecule has 0 amide bonds. The Kier molecular flexibility index (Phi) is 2.89. The number of hydrogen-bond donors (Lipinski definition) is 2. The number of fused-ring (bicyclic) bond motifs is 5. The largest absolute Gasteiger partial charge is 0.513 e. The first kappa shape index (κ1) is 13.9. The van der Waals surface area contributed by atoms with E-state index in [9.17, 15) is 5.11 Å². The number of rotatable bonds is 0. The molecule has 0 aliphatic heterocycles. The minimum absolute atomic E-state index is 0.254. The molecule has 2 saturated carbocycles. The summed E-state index contributed by atoms with van der Waals surface area (Å²) in [6, 6.07) is 0.254. The van der Waals surface area contributed by atoms with Gasteiger partial charge in [0.15, 0.2) is 0 Å². The van der Waals surface area contributed by atoms with Crippen LogP contribution in [0.5, 0.6) is 0 Å². The molecule has 116 valence electrons. The fourth-order valence-electron chi connectivity index (χ4n) is 6.33. The average molecular weight is 287 g/mol. The third-order valence-corrected chi connectivity index (χ3v) is 7.84. The van der Waals surface area contributed by atoms with Crippen LogP contribution in [0, 0.1) is 34.5 Å². The maximum absolute atomic E-state index is 9.92. The molecule has 0 spiro atoms. The zero-order valence-electron chi connectivity index (χ0n) is 13.4. The Hall–Kier alpha value is -0.760. The highest BCUT2D eigenvalue weighted by Gasteiger charge is 2.57. The van der Waals surface area contributed by atoms with Crippen molar-refractivity contribution >= 4 is 0 Å². The van der Waals surface area contributed by atoms with Crippen LogP contribution in [-0.2, 0) is 0 Å². The monoisotopic (exact) mass is 287 g/mol. The van der Waals surface area contributed by atoms with Crippen LogP contribution in [0.2, 0.25) is 0 Å². The van der Waals surface area contributed by atoms with E-state index >= 15 is 0 Å². The molecule has 2 nitrogen and oxygen atoms in total. The first-order valence-electron chi connectivity index (χ1n) is 8.79. The fourth-order valence-corrected chi connectivity index (χ4v) is 6.33. The molecule has 0 radical (unpaired) electrons. The van der Waals surface area contributed by atoms with Crippen LogP contribution < -0.4 is 5.73 Å². The molecule has 4 aliphatic rings. The summed E-state index contributed by atoms with van der Waals surface area (Å²) in [5.41, 5.74) is 7.10. The lowest BCUT2D eigenvalue weighted by atomic mass is 9.46. The average Bonchev–Trinajstić information content (AvgIpc) is 2.76. The summed E-state index contributed by atoms with van der Waals surface area (Å²) in [6.07, 6.45) is 14.1. The molecular formula is C19H29NO. The Labute approximate surface area is 128 Å². The number of aliphatic hydroxyl groups excluding tert-OH is 1. The van der Waals surface area contributed by atoms with Gasteiger partial charge in [-0.2, -0.15) is 0 Å². The number of allylic oxidation sites excluding steroid dienone is 3. The summed E-state index contributed by atoms with van der Waals surface area (Å²) in [6.45, 7) is 4.91. The molecule has 4 aliphatic carbocycles. The lowest BCUT2D eigenvalue weighted by molar-refractivity contribution is -0.0782. The normalized spacial score (nSPS) is 55.4. The van der Waals surface area contributed by atoms with Gasteiger partial charge in [0.25, 0.3) is 0 Å². The SMILES string of the molecule is C[C@]12CCC(O)=CC1CC[C@@H]1[C@H]2CC[C@]2(C)C(N)C=C[C@@H]12. The van der Waals surface area contributed by atoms with Crippen molar-refractivity contribution in [1.29, 1.82) is 0 Å². The number of aliphatic hydroxyl groups is 1. The first-order valence-corrected chi connectivity index (χ1v) is 8.79. The maximum atomic E-state index is 9.92. The zero-order chi connectivity index (χ0) is 14.8. The summed E-state index contributed by atoms with van der Waals surface area (Å²) in [5.74, 6) is 3.54. The van der Waals surface area contributed by atoms with Crippen LogP contribution in [0.4, 0.5) is 0 Å². The Morgan fingerprint density at radius 3 is 2.71 bits per heavy atom. The Morgan fingerprint density at radius 2 is 1.90 bits per heavy atom. The highest BCUT2D eigenvalue weighted by molar-refractivity contribution is 5.22. The molecule has 0 saturated heterocycles. The molecule has 2 heteroatoms. The molecule has 0 aromatic heterocycles. The van der Waals surface area contributed by atoms with Crippen LogP contribution in [0.15, 0.2) is 24.0 Å². The van der Waals surface area contributed by atoms with Crippen molar-refractivity contribution in [3.63, 3.8) is 0 Å².